The zero-order valence-electron chi connectivity index (χ0n) is 18.6. The van der Waals surface area contributed by atoms with Gasteiger partial charge < -0.3 is 14.8 Å². The number of benzene rings is 2. The summed E-state index contributed by atoms with van der Waals surface area (Å²) in [6.45, 7) is 12.2. The first kappa shape index (κ1) is 21.7. The number of hydrogen-bond donors (Lipinski definition) is 2. The first-order valence-electron chi connectivity index (χ1n) is 10.3. The van der Waals surface area contributed by atoms with Gasteiger partial charge in [-0.1, -0.05) is 31.2 Å². The van der Waals surface area contributed by atoms with Gasteiger partial charge in [-0.05, 0) is 63.8 Å². The third-order valence-electron chi connectivity index (χ3n) is 4.67. The average Bonchev–Trinajstić information content (AvgIpc) is 3.14. The lowest BCUT2D eigenvalue weighted by atomic mass is 9.96. The Balaban J connectivity index is 1.76. The molecule has 6 nitrogen and oxygen atoms in total. The van der Waals surface area contributed by atoms with Gasteiger partial charge in [0, 0.05) is 12.1 Å². The molecule has 0 saturated carbocycles. The van der Waals surface area contributed by atoms with Gasteiger partial charge in [-0.3, -0.25) is 5.10 Å². The molecule has 2 aromatic carbocycles. The molecule has 1 aromatic heterocycles. The summed E-state index contributed by atoms with van der Waals surface area (Å²) in [5.74, 6) is 0.998. The Hall–Kier alpha value is -3.02. The molecule has 1 unspecified atom stereocenters. The van der Waals surface area contributed by atoms with Gasteiger partial charge in [0.25, 0.3) is 0 Å². The van der Waals surface area contributed by atoms with Crippen LogP contribution in [0.1, 0.15) is 53.0 Å². The molecule has 1 amide bonds. The van der Waals surface area contributed by atoms with Crippen molar-refractivity contribution in [2.75, 3.05) is 6.54 Å². The van der Waals surface area contributed by atoms with Gasteiger partial charge in [0.2, 0.25) is 0 Å². The number of fused-ring (bicyclic) bond motifs is 1. The standard InChI is InChI=1S/C24H31N3O3/c1-15(2)29-22-19(11-12-21-20(22)14-26-27-21)18-9-7-17(8-10-18)16(3)13-25-23(28)30-24(4,5)6/h7-12,14-16H,13H2,1-6H3,(H,25,28)(H,26,27). The molecule has 1 heterocycles. The van der Waals surface area contributed by atoms with Crippen molar-refractivity contribution in [3.8, 4) is 16.9 Å². The van der Waals surface area contributed by atoms with Crippen molar-refractivity contribution in [2.24, 2.45) is 0 Å². The highest BCUT2D eigenvalue weighted by Gasteiger charge is 2.17. The molecule has 0 fully saturated rings. The highest BCUT2D eigenvalue weighted by Crippen LogP contribution is 2.37. The first-order chi connectivity index (χ1) is 14.1. The normalized spacial score (nSPS) is 12.8. The van der Waals surface area contributed by atoms with Crippen LogP contribution in [-0.4, -0.2) is 34.5 Å². The Morgan fingerprint density at radius 2 is 1.80 bits per heavy atom. The molecule has 0 aliphatic rings. The molecule has 0 spiro atoms. The summed E-state index contributed by atoms with van der Waals surface area (Å²) in [7, 11) is 0. The second-order valence-corrected chi connectivity index (χ2v) is 8.85. The third-order valence-corrected chi connectivity index (χ3v) is 4.67. The van der Waals surface area contributed by atoms with Crippen LogP contribution in [0.2, 0.25) is 0 Å². The number of nitrogens with zero attached hydrogens (tertiary/aromatic N) is 1. The van der Waals surface area contributed by atoms with Crippen LogP contribution >= 0.6 is 0 Å². The monoisotopic (exact) mass is 409 g/mol. The van der Waals surface area contributed by atoms with E-state index in [1.807, 2.05) is 40.7 Å². The number of carbonyl (C=O) groups is 1. The van der Waals surface area contributed by atoms with E-state index in [0.717, 1.165) is 33.3 Å². The zero-order valence-corrected chi connectivity index (χ0v) is 18.6. The Bertz CT molecular complexity index is 1000. The lowest BCUT2D eigenvalue weighted by Crippen LogP contribution is -2.34. The van der Waals surface area contributed by atoms with Crippen LogP contribution < -0.4 is 10.1 Å². The maximum Gasteiger partial charge on any atom is 0.407 e. The minimum atomic E-state index is -0.499. The van der Waals surface area contributed by atoms with E-state index in [1.54, 1.807) is 6.20 Å². The number of aromatic nitrogens is 2. The summed E-state index contributed by atoms with van der Waals surface area (Å²) in [6, 6.07) is 12.4. The minimum Gasteiger partial charge on any atom is -0.490 e. The summed E-state index contributed by atoms with van der Waals surface area (Å²) in [6.07, 6.45) is 1.47. The number of rotatable bonds is 6. The highest BCUT2D eigenvalue weighted by atomic mass is 16.6. The van der Waals surface area contributed by atoms with Crippen LogP contribution in [0.5, 0.6) is 5.75 Å². The predicted octanol–water partition coefficient (Wildman–Crippen LogP) is 5.65. The number of aromatic amines is 1. The van der Waals surface area contributed by atoms with Crippen LogP contribution in [0.4, 0.5) is 4.79 Å². The lowest BCUT2D eigenvalue weighted by molar-refractivity contribution is 0.0525. The number of alkyl carbamates (subject to hydrolysis) is 1. The molecule has 30 heavy (non-hydrogen) atoms. The van der Waals surface area contributed by atoms with E-state index in [-0.39, 0.29) is 12.0 Å². The summed E-state index contributed by atoms with van der Waals surface area (Å²) in [5, 5.41) is 11.0. The van der Waals surface area contributed by atoms with Crippen molar-refractivity contribution in [3.63, 3.8) is 0 Å². The third kappa shape index (κ3) is 5.32. The molecule has 3 rings (SSSR count). The van der Waals surface area contributed by atoms with Gasteiger partial charge in [0.15, 0.2) is 0 Å². The number of H-pyrrole nitrogens is 1. The second kappa shape index (κ2) is 8.78. The Morgan fingerprint density at radius 1 is 1.10 bits per heavy atom. The average molecular weight is 410 g/mol. The van der Waals surface area contributed by atoms with E-state index in [9.17, 15) is 4.79 Å². The fourth-order valence-electron chi connectivity index (χ4n) is 3.24. The molecule has 3 aromatic rings. The minimum absolute atomic E-state index is 0.0578. The van der Waals surface area contributed by atoms with Crippen molar-refractivity contribution in [3.05, 3.63) is 48.2 Å². The maximum atomic E-state index is 11.9. The second-order valence-electron chi connectivity index (χ2n) is 8.85. The Kier molecular flexibility index (Phi) is 6.34. The van der Waals surface area contributed by atoms with Gasteiger partial charge in [-0.15, -0.1) is 0 Å². The van der Waals surface area contributed by atoms with Gasteiger partial charge >= 0.3 is 6.09 Å². The van der Waals surface area contributed by atoms with E-state index in [1.165, 1.54) is 0 Å². The predicted molar refractivity (Wildman–Crippen MR) is 120 cm³/mol. The van der Waals surface area contributed by atoms with E-state index >= 15 is 0 Å². The van der Waals surface area contributed by atoms with Crippen LogP contribution in [0.15, 0.2) is 42.6 Å². The van der Waals surface area contributed by atoms with Gasteiger partial charge in [-0.2, -0.15) is 5.10 Å². The topological polar surface area (TPSA) is 76.2 Å². The molecule has 6 heteroatoms. The molecule has 1 atom stereocenters. The van der Waals surface area contributed by atoms with Crippen molar-refractivity contribution in [1.29, 1.82) is 0 Å². The maximum absolute atomic E-state index is 11.9. The van der Waals surface area contributed by atoms with Crippen LogP contribution in [0, 0.1) is 0 Å². The summed E-state index contributed by atoms with van der Waals surface area (Å²) < 4.78 is 11.4. The lowest BCUT2D eigenvalue weighted by Gasteiger charge is -2.21. The van der Waals surface area contributed by atoms with Crippen LogP contribution in [-0.2, 0) is 4.74 Å². The number of ether oxygens (including phenoxy) is 2. The summed E-state index contributed by atoms with van der Waals surface area (Å²) in [5.41, 5.74) is 3.70. The van der Waals surface area contributed by atoms with Crippen molar-refractivity contribution in [1.82, 2.24) is 15.5 Å². The van der Waals surface area contributed by atoms with Gasteiger partial charge in [-0.25, -0.2) is 4.79 Å². The van der Waals surface area contributed by atoms with E-state index < -0.39 is 11.7 Å². The van der Waals surface area contributed by atoms with Crippen LogP contribution in [0.25, 0.3) is 22.0 Å². The smallest absolute Gasteiger partial charge is 0.407 e. The fourth-order valence-corrected chi connectivity index (χ4v) is 3.24. The quantitative estimate of drug-likeness (QED) is 0.552. The Morgan fingerprint density at radius 3 is 2.43 bits per heavy atom. The molecule has 0 bridgehead atoms. The largest absolute Gasteiger partial charge is 0.490 e. The molecule has 0 aliphatic carbocycles. The van der Waals surface area contributed by atoms with Gasteiger partial charge in [0.05, 0.1) is 23.2 Å². The van der Waals surface area contributed by atoms with E-state index in [0.29, 0.717) is 6.54 Å². The Labute approximate surface area is 178 Å². The number of hydrogen-bond acceptors (Lipinski definition) is 4. The summed E-state index contributed by atoms with van der Waals surface area (Å²) >= 11 is 0. The molecule has 0 radical (unpaired) electrons. The molecule has 160 valence electrons. The molecule has 2 N–H and O–H groups in total. The fraction of sp³-hybridized carbons (Fsp3) is 0.417. The SMILES string of the molecule is CC(C)Oc1c(-c2ccc(C(C)CNC(=O)OC(C)(C)C)cc2)ccc2[nH]ncc12. The molecule has 0 saturated heterocycles. The highest BCUT2D eigenvalue weighted by molar-refractivity contribution is 5.92. The van der Waals surface area contributed by atoms with Gasteiger partial charge in [0.1, 0.15) is 11.4 Å². The number of amides is 1. The van der Waals surface area contributed by atoms with Crippen LogP contribution in [0.3, 0.4) is 0 Å². The van der Waals surface area contributed by atoms with Crippen molar-refractivity contribution < 1.29 is 14.3 Å². The first-order valence-corrected chi connectivity index (χ1v) is 10.3. The molecular weight excluding hydrogens is 378 g/mol. The zero-order chi connectivity index (χ0) is 21.9. The van der Waals surface area contributed by atoms with E-state index in [2.05, 4.69) is 52.8 Å². The molecule has 0 aliphatic heterocycles. The summed E-state index contributed by atoms with van der Waals surface area (Å²) in [4.78, 5) is 11.9. The molecular formula is C24H31N3O3. The number of nitrogens with one attached hydrogen (secondary N) is 2. The van der Waals surface area contributed by atoms with Crippen molar-refractivity contribution in [2.45, 2.75) is 59.2 Å². The van der Waals surface area contributed by atoms with Crippen molar-refractivity contribution >= 4 is 17.0 Å². The van der Waals surface area contributed by atoms with E-state index in [4.69, 9.17) is 9.47 Å². The number of carbonyl (C=O) groups excluding carboxylic acids is 1.